The molecule has 0 saturated carbocycles. The third-order valence-electron chi connectivity index (χ3n) is 5.06. The van der Waals surface area contributed by atoms with Gasteiger partial charge in [0.15, 0.2) is 0 Å². The Hall–Kier alpha value is -3.66. The molecule has 0 radical (unpaired) electrons. The summed E-state index contributed by atoms with van der Waals surface area (Å²) in [6.45, 7) is 3.06. The van der Waals surface area contributed by atoms with E-state index in [0.717, 1.165) is 27.7 Å². The van der Waals surface area contributed by atoms with Crippen molar-refractivity contribution in [3.63, 3.8) is 0 Å². The van der Waals surface area contributed by atoms with Crippen LogP contribution in [0.15, 0.2) is 82.8 Å². The van der Waals surface area contributed by atoms with Crippen LogP contribution in [0.5, 0.6) is 0 Å². The van der Waals surface area contributed by atoms with Gasteiger partial charge >= 0.3 is 6.18 Å². The average Bonchev–Trinajstić information content (AvgIpc) is 2.79. The Morgan fingerprint density at radius 1 is 0.971 bits per heavy atom. The van der Waals surface area contributed by atoms with Gasteiger partial charge in [0.25, 0.3) is 15.9 Å². The van der Waals surface area contributed by atoms with Gasteiger partial charge in [0.2, 0.25) is 0 Å². The summed E-state index contributed by atoms with van der Waals surface area (Å²) in [6.07, 6.45) is -3.72. The second-order valence-corrected chi connectivity index (χ2v) is 9.33. The highest BCUT2D eigenvalue weighted by Gasteiger charge is 2.32. The minimum atomic E-state index is -4.59. The standard InChI is InChI=1S/C24H22F3N3O3S/c1-17-12-13-20(14-18(17)2)30(34(32,33)21-9-4-3-5-10-21)16-23(31)29-28-15-19-8-6-7-11-22(19)24(25,26)27/h3-15H,16H2,1-2H3,(H,29,31)/b28-15+. The van der Waals surface area contributed by atoms with Gasteiger partial charge in [0, 0.05) is 5.56 Å². The first-order valence-corrected chi connectivity index (χ1v) is 11.6. The number of sulfonamides is 1. The van der Waals surface area contributed by atoms with Crippen molar-refractivity contribution < 1.29 is 26.4 Å². The lowest BCUT2D eigenvalue weighted by Gasteiger charge is -2.24. The van der Waals surface area contributed by atoms with Crippen LogP contribution in [0, 0.1) is 13.8 Å². The van der Waals surface area contributed by atoms with Gasteiger partial charge in [-0.25, -0.2) is 13.8 Å². The second kappa shape index (κ2) is 10.1. The zero-order chi connectivity index (χ0) is 24.9. The number of hydrazone groups is 1. The van der Waals surface area contributed by atoms with Crippen molar-refractivity contribution in [2.45, 2.75) is 24.9 Å². The van der Waals surface area contributed by atoms with Crippen LogP contribution in [0.4, 0.5) is 18.9 Å². The molecule has 0 aromatic heterocycles. The zero-order valence-corrected chi connectivity index (χ0v) is 19.2. The second-order valence-electron chi connectivity index (χ2n) is 7.47. The number of hydrogen-bond donors (Lipinski definition) is 1. The number of aryl methyl sites for hydroxylation is 2. The lowest BCUT2D eigenvalue weighted by Crippen LogP contribution is -2.39. The Labute approximate surface area is 195 Å². The normalized spacial score (nSPS) is 12.0. The Bertz CT molecular complexity index is 1310. The highest BCUT2D eigenvalue weighted by Crippen LogP contribution is 2.31. The Kier molecular flexibility index (Phi) is 7.41. The van der Waals surface area contributed by atoms with E-state index in [4.69, 9.17) is 0 Å². The molecule has 0 aliphatic rings. The van der Waals surface area contributed by atoms with Crippen LogP contribution in [0.2, 0.25) is 0 Å². The van der Waals surface area contributed by atoms with E-state index in [0.29, 0.717) is 0 Å². The first-order chi connectivity index (χ1) is 16.0. The number of hydrogen-bond acceptors (Lipinski definition) is 4. The molecule has 0 unspecified atom stereocenters. The van der Waals surface area contributed by atoms with E-state index in [1.165, 1.54) is 30.3 Å². The van der Waals surface area contributed by atoms with Crippen molar-refractivity contribution in [2.24, 2.45) is 5.10 Å². The zero-order valence-electron chi connectivity index (χ0n) is 18.4. The number of carbonyl (C=O) groups excluding carboxylic acids is 1. The minimum absolute atomic E-state index is 0.0105. The number of halogens is 3. The van der Waals surface area contributed by atoms with Crippen molar-refractivity contribution in [1.29, 1.82) is 0 Å². The van der Waals surface area contributed by atoms with E-state index >= 15 is 0 Å². The van der Waals surface area contributed by atoms with E-state index in [1.54, 1.807) is 36.4 Å². The van der Waals surface area contributed by atoms with Gasteiger partial charge in [0.1, 0.15) is 6.54 Å². The van der Waals surface area contributed by atoms with Gasteiger partial charge in [-0.2, -0.15) is 18.3 Å². The highest BCUT2D eigenvalue weighted by atomic mass is 32.2. The third-order valence-corrected chi connectivity index (χ3v) is 6.84. The molecule has 10 heteroatoms. The first-order valence-electron chi connectivity index (χ1n) is 10.1. The van der Waals surface area contributed by atoms with E-state index in [9.17, 15) is 26.4 Å². The number of carbonyl (C=O) groups is 1. The summed E-state index contributed by atoms with van der Waals surface area (Å²) < 4.78 is 66.9. The summed E-state index contributed by atoms with van der Waals surface area (Å²) in [5, 5.41) is 3.60. The summed E-state index contributed by atoms with van der Waals surface area (Å²) in [5.74, 6) is -0.821. The molecule has 0 spiro atoms. The van der Waals surface area contributed by atoms with Gasteiger partial charge in [0.05, 0.1) is 22.4 Å². The molecule has 178 valence electrons. The highest BCUT2D eigenvalue weighted by molar-refractivity contribution is 7.92. The molecule has 34 heavy (non-hydrogen) atoms. The largest absolute Gasteiger partial charge is 0.417 e. The predicted octanol–water partition coefficient (Wildman–Crippen LogP) is 4.67. The molecular weight excluding hydrogens is 467 g/mol. The molecule has 1 amide bonds. The van der Waals surface area contributed by atoms with Crippen molar-refractivity contribution in [3.8, 4) is 0 Å². The van der Waals surface area contributed by atoms with Gasteiger partial charge in [-0.1, -0.05) is 42.5 Å². The Morgan fingerprint density at radius 2 is 1.62 bits per heavy atom. The number of nitrogens with one attached hydrogen (secondary N) is 1. The quantitative estimate of drug-likeness (QED) is 0.387. The summed E-state index contributed by atoms with van der Waals surface area (Å²) in [6, 6.07) is 17.3. The van der Waals surface area contributed by atoms with Crippen LogP contribution in [-0.2, 0) is 21.0 Å². The Morgan fingerprint density at radius 3 is 2.26 bits per heavy atom. The molecule has 0 aliphatic carbocycles. The molecule has 6 nitrogen and oxygen atoms in total. The topological polar surface area (TPSA) is 78.8 Å². The summed E-state index contributed by atoms with van der Waals surface area (Å²) >= 11 is 0. The maximum Gasteiger partial charge on any atom is 0.417 e. The molecule has 3 aromatic carbocycles. The van der Waals surface area contributed by atoms with Gasteiger partial charge in [-0.3, -0.25) is 9.10 Å². The van der Waals surface area contributed by atoms with Gasteiger partial charge in [-0.05, 0) is 55.3 Å². The van der Waals surface area contributed by atoms with Gasteiger partial charge < -0.3 is 0 Å². The SMILES string of the molecule is Cc1ccc(N(CC(=O)N/N=C/c2ccccc2C(F)(F)F)S(=O)(=O)c2ccccc2)cc1C. The average molecular weight is 490 g/mol. The van der Waals surface area contributed by atoms with E-state index in [1.807, 2.05) is 13.8 Å². The molecule has 3 aromatic rings. The van der Waals surface area contributed by atoms with Crippen LogP contribution in [0.1, 0.15) is 22.3 Å². The molecular formula is C24H22F3N3O3S. The fraction of sp³-hybridized carbons (Fsp3) is 0.167. The van der Waals surface area contributed by atoms with Crippen molar-refractivity contribution in [1.82, 2.24) is 5.43 Å². The van der Waals surface area contributed by atoms with E-state index in [2.05, 4.69) is 10.5 Å². The fourth-order valence-electron chi connectivity index (χ4n) is 3.12. The van der Waals surface area contributed by atoms with E-state index in [-0.39, 0.29) is 16.1 Å². The van der Waals surface area contributed by atoms with Gasteiger partial charge in [-0.15, -0.1) is 0 Å². The minimum Gasteiger partial charge on any atom is -0.271 e. The van der Waals surface area contributed by atoms with Crippen LogP contribution in [-0.4, -0.2) is 27.1 Å². The summed E-state index contributed by atoms with van der Waals surface area (Å²) in [5.41, 5.74) is 3.01. The fourth-order valence-corrected chi connectivity index (χ4v) is 4.56. The number of anilines is 1. The molecule has 0 bridgehead atoms. The summed E-state index contributed by atoms with van der Waals surface area (Å²) in [4.78, 5) is 12.6. The summed E-state index contributed by atoms with van der Waals surface area (Å²) in [7, 11) is -4.11. The number of amides is 1. The van der Waals surface area contributed by atoms with Crippen LogP contribution < -0.4 is 9.73 Å². The monoisotopic (exact) mass is 489 g/mol. The first kappa shape index (κ1) is 25.0. The molecule has 0 aliphatic heterocycles. The lowest BCUT2D eigenvalue weighted by atomic mass is 10.1. The van der Waals surface area contributed by atoms with E-state index < -0.39 is 34.2 Å². The Balaban J connectivity index is 1.87. The molecule has 3 rings (SSSR count). The smallest absolute Gasteiger partial charge is 0.271 e. The van der Waals surface area contributed by atoms with Crippen LogP contribution >= 0.6 is 0 Å². The maximum atomic E-state index is 13.3. The molecule has 0 heterocycles. The molecule has 1 N–H and O–H groups in total. The van der Waals surface area contributed by atoms with Crippen LogP contribution in [0.3, 0.4) is 0 Å². The predicted molar refractivity (Wildman–Crippen MR) is 124 cm³/mol. The van der Waals surface area contributed by atoms with Crippen LogP contribution in [0.25, 0.3) is 0 Å². The molecule has 0 saturated heterocycles. The number of rotatable bonds is 7. The number of nitrogens with zero attached hydrogens (tertiary/aromatic N) is 2. The lowest BCUT2D eigenvalue weighted by molar-refractivity contribution is -0.137. The number of benzene rings is 3. The third kappa shape index (κ3) is 5.82. The van der Waals surface area contributed by atoms with Crippen molar-refractivity contribution in [2.75, 3.05) is 10.8 Å². The van der Waals surface area contributed by atoms with Crippen molar-refractivity contribution >= 4 is 27.8 Å². The maximum absolute atomic E-state index is 13.3. The van der Waals surface area contributed by atoms with Crippen molar-refractivity contribution in [3.05, 3.63) is 95.1 Å². The molecule has 0 fully saturated rings. The molecule has 0 atom stereocenters. The number of alkyl halides is 3.